The van der Waals surface area contributed by atoms with Gasteiger partial charge in [-0.25, -0.2) is 0 Å². The summed E-state index contributed by atoms with van der Waals surface area (Å²) in [4.78, 5) is 17.0. The van der Waals surface area contributed by atoms with Crippen molar-refractivity contribution < 1.29 is 9.53 Å². The van der Waals surface area contributed by atoms with E-state index in [1.165, 1.54) is 0 Å². The number of fused-ring (bicyclic) bond motifs is 1. The van der Waals surface area contributed by atoms with Crippen molar-refractivity contribution in [3.05, 3.63) is 42.1 Å². The van der Waals surface area contributed by atoms with E-state index in [0.29, 0.717) is 18.7 Å². The molecule has 0 bridgehead atoms. The average molecular weight is 386 g/mol. The second-order valence-corrected chi connectivity index (χ2v) is 6.25. The number of rotatable bonds is 5. The summed E-state index contributed by atoms with van der Waals surface area (Å²) in [5.74, 6) is -0.0664. The number of carbonyl (C=O) groups is 1. The van der Waals surface area contributed by atoms with E-state index in [9.17, 15) is 4.79 Å². The zero-order chi connectivity index (χ0) is 16.1. The van der Waals surface area contributed by atoms with E-state index in [-0.39, 0.29) is 36.1 Å². The Hall–Kier alpha value is -1.40. The van der Waals surface area contributed by atoms with Crippen LogP contribution in [-0.4, -0.2) is 44.2 Å². The van der Waals surface area contributed by atoms with Gasteiger partial charge in [-0.3, -0.25) is 9.78 Å². The molecule has 0 radical (unpaired) electrons. The van der Waals surface area contributed by atoms with Crippen LogP contribution >= 0.6 is 24.8 Å². The predicted octanol–water partition coefficient (Wildman–Crippen LogP) is 2.82. The highest BCUT2D eigenvalue weighted by atomic mass is 35.5. The molecule has 0 aliphatic carbocycles. The number of hydrogen-bond donors (Lipinski definition) is 2. The first-order valence-corrected chi connectivity index (χ1v) is 8.06. The van der Waals surface area contributed by atoms with Crippen LogP contribution in [0.1, 0.15) is 23.2 Å². The maximum absolute atomic E-state index is 12.6. The van der Waals surface area contributed by atoms with Crippen molar-refractivity contribution >= 4 is 41.6 Å². The third-order valence-corrected chi connectivity index (χ3v) is 4.62. The Balaban J connectivity index is 0.00000156. The van der Waals surface area contributed by atoms with E-state index in [4.69, 9.17) is 4.74 Å². The van der Waals surface area contributed by atoms with Crippen LogP contribution in [0.3, 0.4) is 0 Å². The molecule has 2 heterocycles. The Bertz CT molecular complexity index is 680. The molecule has 0 atom stereocenters. The molecular formula is C18H25Cl2N3O2. The van der Waals surface area contributed by atoms with Crippen molar-refractivity contribution in [1.29, 1.82) is 0 Å². The number of nitrogens with one attached hydrogen (secondary N) is 2. The number of ether oxygens (including phenoxy) is 1. The molecule has 3 rings (SSSR count). The molecule has 138 valence electrons. The van der Waals surface area contributed by atoms with Gasteiger partial charge in [-0.1, -0.05) is 18.2 Å². The molecule has 0 spiro atoms. The molecular weight excluding hydrogens is 361 g/mol. The van der Waals surface area contributed by atoms with Crippen molar-refractivity contribution in [3.63, 3.8) is 0 Å². The SMILES string of the molecule is COCC1(CNC(=O)c2cccc3cccnc23)CCNCC1.Cl.Cl. The standard InChI is InChI=1S/C18H23N3O2.2ClH/c1-23-13-18(7-10-19-11-8-18)12-21-17(22)15-6-2-4-14-5-3-9-20-16(14)15;;/h2-6,9,19H,7-8,10-13H2,1H3,(H,21,22);2*1H. The summed E-state index contributed by atoms with van der Waals surface area (Å²) in [6.07, 6.45) is 3.74. The third kappa shape index (κ3) is 5.05. The first-order chi connectivity index (χ1) is 11.2. The number of halogens is 2. The lowest BCUT2D eigenvalue weighted by atomic mass is 9.79. The molecule has 0 saturated carbocycles. The molecule has 2 N–H and O–H groups in total. The number of carbonyl (C=O) groups excluding carboxylic acids is 1. The number of piperidine rings is 1. The lowest BCUT2D eigenvalue weighted by molar-refractivity contribution is 0.0512. The van der Waals surface area contributed by atoms with Crippen LogP contribution in [0.25, 0.3) is 10.9 Å². The lowest BCUT2D eigenvalue weighted by Crippen LogP contribution is -2.47. The van der Waals surface area contributed by atoms with Gasteiger partial charge in [0.15, 0.2) is 0 Å². The number of para-hydroxylation sites is 1. The van der Waals surface area contributed by atoms with Gasteiger partial charge in [-0.2, -0.15) is 0 Å². The molecule has 2 aromatic rings. The maximum atomic E-state index is 12.6. The Morgan fingerprint density at radius 3 is 2.68 bits per heavy atom. The zero-order valence-corrected chi connectivity index (χ0v) is 15.9. The first kappa shape index (κ1) is 21.6. The molecule has 1 aliphatic rings. The fraction of sp³-hybridized carbons (Fsp3) is 0.444. The van der Waals surface area contributed by atoms with Crippen LogP contribution in [0.5, 0.6) is 0 Å². The number of hydrogen-bond acceptors (Lipinski definition) is 4. The van der Waals surface area contributed by atoms with Crippen molar-refractivity contribution in [2.45, 2.75) is 12.8 Å². The summed E-state index contributed by atoms with van der Waals surface area (Å²) in [6, 6.07) is 9.55. The van der Waals surface area contributed by atoms with E-state index in [1.807, 2.05) is 30.3 Å². The summed E-state index contributed by atoms with van der Waals surface area (Å²) in [5, 5.41) is 7.44. The smallest absolute Gasteiger partial charge is 0.253 e. The Morgan fingerprint density at radius 1 is 1.24 bits per heavy atom. The van der Waals surface area contributed by atoms with Crippen LogP contribution in [0.15, 0.2) is 36.5 Å². The highest BCUT2D eigenvalue weighted by molar-refractivity contribution is 6.05. The molecule has 0 unspecified atom stereocenters. The van der Waals surface area contributed by atoms with Crippen LogP contribution in [0.2, 0.25) is 0 Å². The van der Waals surface area contributed by atoms with Gasteiger partial charge in [0.05, 0.1) is 17.7 Å². The zero-order valence-electron chi connectivity index (χ0n) is 14.3. The highest BCUT2D eigenvalue weighted by Gasteiger charge is 2.32. The van der Waals surface area contributed by atoms with Gasteiger partial charge in [0.1, 0.15) is 0 Å². The van der Waals surface area contributed by atoms with E-state index < -0.39 is 0 Å². The molecule has 7 heteroatoms. The van der Waals surface area contributed by atoms with Crippen molar-refractivity contribution in [3.8, 4) is 0 Å². The summed E-state index contributed by atoms with van der Waals surface area (Å²) in [6.45, 7) is 3.23. The molecule has 1 fully saturated rings. The van der Waals surface area contributed by atoms with Crippen LogP contribution in [0.4, 0.5) is 0 Å². The monoisotopic (exact) mass is 385 g/mol. The van der Waals surface area contributed by atoms with Crippen LogP contribution < -0.4 is 10.6 Å². The molecule has 1 saturated heterocycles. The van der Waals surface area contributed by atoms with Crippen LogP contribution in [-0.2, 0) is 4.74 Å². The Morgan fingerprint density at radius 2 is 1.96 bits per heavy atom. The Kier molecular flexibility index (Phi) is 8.59. The minimum Gasteiger partial charge on any atom is -0.384 e. The minimum atomic E-state index is -0.0664. The number of nitrogens with zero attached hydrogens (tertiary/aromatic N) is 1. The number of amides is 1. The predicted molar refractivity (Wildman–Crippen MR) is 105 cm³/mol. The van der Waals surface area contributed by atoms with Gasteiger partial charge in [0.25, 0.3) is 5.91 Å². The van der Waals surface area contributed by atoms with Crippen LogP contribution in [0, 0.1) is 5.41 Å². The van der Waals surface area contributed by atoms with Gasteiger partial charge >= 0.3 is 0 Å². The second-order valence-electron chi connectivity index (χ2n) is 6.25. The summed E-state index contributed by atoms with van der Waals surface area (Å²) >= 11 is 0. The second kappa shape index (κ2) is 9.92. The van der Waals surface area contributed by atoms with E-state index >= 15 is 0 Å². The van der Waals surface area contributed by atoms with Gasteiger partial charge in [0.2, 0.25) is 0 Å². The number of methoxy groups -OCH3 is 1. The topological polar surface area (TPSA) is 63.2 Å². The van der Waals surface area contributed by atoms with Gasteiger partial charge in [-0.05, 0) is 38.1 Å². The molecule has 1 aliphatic heterocycles. The number of aromatic nitrogens is 1. The fourth-order valence-corrected chi connectivity index (χ4v) is 3.29. The van der Waals surface area contributed by atoms with Crippen molar-refractivity contribution in [1.82, 2.24) is 15.6 Å². The fourth-order valence-electron chi connectivity index (χ4n) is 3.29. The average Bonchev–Trinajstić information content (AvgIpc) is 2.60. The number of pyridine rings is 1. The summed E-state index contributed by atoms with van der Waals surface area (Å²) in [7, 11) is 1.72. The number of benzene rings is 1. The Labute approximate surface area is 160 Å². The largest absolute Gasteiger partial charge is 0.384 e. The quantitative estimate of drug-likeness (QED) is 0.830. The van der Waals surface area contributed by atoms with Crippen molar-refractivity contribution in [2.75, 3.05) is 33.4 Å². The molecule has 1 aromatic carbocycles. The van der Waals surface area contributed by atoms with E-state index in [0.717, 1.165) is 36.8 Å². The summed E-state index contributed by atoms with van der Waals surface area (Å²) < 4.78 is 5.40. The first-order valence-electron chi connectivity index (χ1n) is 8.06. The molecule has 25 heavy (non-hydrogen) atoms. The van der Waals surface area contributed by atoms with E-state index in [2.05, 4.69) is 15.6 Å². The molecule has 1 amide bonds. The minimum absolute atomic E-state index is 0. The molecule has 1 aromatic heterocycles. The van der Waals surface area contributed by atoms with Gasteiger partial charge in [0, 0.05) is 30.7 Å². The molecule has 5 nitrogen and oxygen atoms in total. The van der Waals surface area contributed by atoms with Gasteiger partial charge < -0.3 is 15.4 Å². The maximum Gasteiger partial charge on any atom is 0.253 e. The van der Waals surface area contributed by atoms with Crippen molar-refractivity contribution in [2.24, 2.45) is 5.41 Å². The van der Waals surface area contributed by atoms with E-state index in [1.54, 1.807) is 13.3 Å². The highest BCUT2D eigenvalue weighted by Crippen LogP contribution is 2.28. The van der Waals surface area contributed by atoms with Gasteiger partial charge in [-0.15, -0.1) is 24.8 Å². The normalized spacial score (nSPS) is 15.7. The lowest BCUT2D eigenvalue weighted by Gasteiger charge is -2.37. The summed E-state index contributed by atoms with van der Waals surface area (Å²) in [5.41, 5.74) is 1.40. The third-order valence-electron chi connectivity index (χ3n) is 4.62.